The SMILES string of the molecule is Cc1ccc(F)c(-c2cnc(N)c(-c3ccc4c(c3)CCNC4=O)c2)c1F. The maximum Gasteiger partial charge on any atom is 0.251 e. The van der Waals surface area contributed by atoms with E-state index >= 15 is 0 Å². The van der Waals surface area contributed by atoms with E-state index in [-0.39, 0.29) is 17.3 Å². The Kier molecular flexibility index (Phi) is 4.11. The number of pyridine rings is 1. The van der Waals surface area contributed by atoms with E-state index in [4.69, 9.17) is 5.73 Å². The number of halogens is 2. The third kappa shape index (κ3) is 2.93. The maximum absolute atomic E-state index is 14.5. The van der Waals surface area contributed by atoms with E-state index in [1.54, 1.807) is 25.1 Å². The molecule has 1 aliphatic rings. The minimum Gasteiger partial charge on any atom is -0.383 e. The minimum atomic E-state index is -0.655. The second-order valence-electron chi connectivity index (χ2n) is 6.59. The zero-order valence-electron chi connectivity index (χ0n) is 14.6. The first kappa shape index (κ1) is 17.1. The van der Waals surface area contributed by atoms with Crippen LogP contribution >= 0.6 is 0 Å². The van der Waals surface area contributed by atoms with Crippen LogP contribution in [0.3, 0.4) is 0 Å². The Morgan fingerprint density at radius 1 is 1.07 bits per heavy atom. The van der Waals surface area contributed by atoms with Crippen LogP contribution in [0.25, 0.3) is 22.3 Å². The predicted octanol–water partition coefficient (Wildman–Crippen LogP) is 3.87. The van der Waals surface area contributed by atoms with E-state index in [1.165, 1.54) is 18.3 Å². The number of fused-ring (bicyclic) bond motifs is 1. The number of amides is 1. The van der Waals surface area contributed by atoms with Crippen molar-refractivity contribution in [2.75, 3.05) is 12.3 Å². The molecule has 2 aromatic carbocycles. The van der Waals surface area contributed by atoms with Gasteiger partial charge in [0.25, 0.3) is 5.91 Å². The van der Waals surface area contributed by atoms with Crippen LogP contribution in [0.1, 0.15) is 21.5 Å². The number of aromatic nitrogens is 1. The molecule has 0 saturated heterocycles. The largest absolute Gasteiger partial charge is 0.383 e. The lowest BCUT2D eigenvalue weighted by Crippen LogP contribution is -2.31. The zero-order valence-corrected chi connectivity index (χ0v) is 14.6. The highest BCUT2D eigenvalue weighted by atomic mass is 19.1. The molecule has 0 fully saturated rings. The van der Waals surface area contributed by atoms with E-state index < -0.39 is 11.6 Å². The number of hydrogen-bond acceptors (Lipinski definition) is 3. The van der Waals surface area contributed by atoms with E-state index in [0.29, 0.717) is 35.2 Å². The van der Waals surface area contributed by atoms with Gasteiger partial charge in [-0.2, -0.15) is 0 Å². The molecule has 1 aliphatic heterocycles. The number of benzene rings is 2. The molecule has 3 aromatic rings. The summed E-state index contributed by atoms with van der Waals surface area (Å²) in [5, 5.41) is 2.80. The summed E-state index contributed by atoms with van der Waals surface area (Å²) in [7, 11) is 0. The molecule has 0 spiro atoms. The first-order valence-electron chi connectivity index (χ1n) is 8.57. The van der Waals surface area contributed by atoms with Crippen LogP contribution in [-0.4, -0.2) is 17.4 Å². The number of nitrogens with two attached hydrogens (primary N) is 1. The molecule has 4 rings (SSSR count). The highest BCUT2D eigenvalue weighted by Gasteiger charge is 2.19. The number of aryl methyl sites for hydroxylation is 1. The van der Waals surface area contributed by atoms with Crippen LogP contribution < -0.4 is 11.1 Å². The standard InChI is InChI=1S/C21H17F2N3O/c1-11-2-5-17(22)18(19(11)23)14-9-16(20(24)26-10-14)12-3-4-15-13(8-12)6-7-25-21(15)27/h2-5,8-10H,6-7H2,1H3,(H2,24,26)(H,25,27). The third-order valence-electron chi connectivity index (χ3n) is 4.83. The highest BCUT2D eigenvalue weighted by molar-refractivity contribution is 5.97. The fraction of sp³-hybridized carbons (Fsp3) is 0.143. The molecule has 0 radical (unpaired) electrons. The molecule has 0 bridgehead atoms. The van der Waals surface area contributed by atoms with Gasteiger partial charge in [-0.15, -0.1) is 0 Å². The average molecular weight is 365 g/mol. The van der Waals surface area contributed by atoms with Gasteiger partial charge in [-0.3, -0.25) is 4.79 Å². The number of rotatable bonds is 2. The van der Waals surface area contributed by atoms with Crippen molar-refractivity contribution in [2.24, 2.45) is 0 Å². The smallest absolute Gasteiger partial charge is 0.251 e. The summed E-state index contributed by atoms with van der Waals surface area (Å²) in [5.41, 5.74) is 9.44. The van der Waals surface area contributed by atoms with Crippen LogP contribution in [0.5, 0.6) is 0 Å². The Balaban J connectivity index is 1.85. The van der Waals surface area contributed by atoms with Crippen LogP contribution in [0.15, 0.2) is 42.6 Å². The van der Waals surface area contributed by atoms with Gasteiger partial charge in [-0.05, 0) is 48.2 Å². The van der Waals surface area contributed by atoms with Crippen molar-refractivity contribution in [1.29, 1.82) is 0 Å². The quantitative estimate of drug-likeness (QED) is 0.724. The molecule has 0 unspecified atom stereocenters. The van der Waals surface area contributed by atoms with Crippen molar-refractivity contribution in [1.82, 2.24) is 10.3 Å². The van der Waals surface area contributed by atoms with Crippen LogP contribution in [0.4, 0.5) is 14.6 Å². The van der Waals surface area contributed by atoms with E-state index in [9.17, 15) is 13.6 Å². The summed E-state index contributed by atoms with van der Waals surface area (Å²) in [5.74, 6) is -1.12. The highest BCUT2D eigenvalue weighted by Crippen LogP contribution is 2.34. The second kappa shape index (κ2) is 6.46. The summed E-state index contributed by atoms with van der Waals surface area (Å²) < 4.78 is 28.8. The van der Waals surface area contributed by atoms with Gasteiger partial charge in [-0.25, -0.2) is 13.8 Å². The summed E-state index contributed by atoms with van der Waals surface area (Å²) in [6, 6.07) is 9.65. The topological polar surface area (TPSA) is 68.0 Å². The van der Waals surface area contributed by atoms with Crippen LogP contribution in [0, 0.1) is 18.6 Å². The molecule has 1 aromatic heterocycles. The summed E-state index contributed by atoms with van der Waals surface area (Å²) in [6.07, 6.45) is 2.08. The van der Waals surface area contributed by atoms with E-state index in [2.05, 4.69) is 10.3 Å². The molecule has 1 amide bonds. The molecule has 0 atom stereocenters. The van der Waals surface area contributed by atoms with Crippen molar-refractivity contribution in [3.63, 3.8) is 0 Å². The Labute approximate surface area is 155 Å². The molecule has 0 aliphatic carbocycles. The molecule has 4 nitrogen and oxygen atoms in total. The Hall–Kier alpha value is -3.28. The van der Waals surface area contributed by atoms with Crippen molar-refractivity contribution >= 4 is 11.7 Å². The van der Waals surface area contributed by atoms with Gasteiger partial charge < -0.3 is 11.1 Å². The normalized spacial score (nSPS) is 13.2. The van der Waals surface area contributed by atoms with Gasteiger partial charge >= 0.3 is 0 Å². The van der Waals surface area contributed by atoms with Crippen molar-refractivity contribution in [3.8, 4) is 22.3 Å². The van der Waals surface area contributed by atoms with Gasteiger partial charge in [0.1, 0.15) is 17.5 Å². The lowest BCUT2D eigenvalue weighted by molar-refractivity contribution is 0.0946. The van der Waals surface area contributed by atoms with Crippen molar-refractivity contribution in [3.05, 3.63) is 70.9 Å². The Bertz CT molecular complexity index is 1080. The fourth-order valence-corrected chi connectivity index (χ4v) is 3.36. The first-order chi connectivity index (χ1) is 13.0. The zero-order chi connectivity index (χ0) is 19.1. The summed E-state index contributed by atoms with van der Waals surface area (Å²) >= 11 is 0. The van der Waals surface area contributed by atoms with Crippen molar-refractivity contribution < 1.29 is 13.6 Å². The molecule has 136 valence electrons. The number of carbonyl (C=O) groups excluding carboxylic acids is 1. The molecule has 27 heavy (non-hydrogen) atoms. The number of nitrogens with one attached hydrogen (secondary N) is 1. The molecule has 3 N–H and O–H groups in total. The van der Waals surface area contributed by atoms with Gasteiger partial charge in [-0.1, -0.05) is 18.2 Å². The van der Waals surface area contributed by atoms with Gasteiger partial charge in [0.2, 0.25) is 0 Å². The number of nitrogen functional groups attached to an aromatic ring is 1. The molecular formula is C21H17F2N3O. The number of hydrogen-bond donors (Lipinski definition) is 2. The lowest BCUT2D eigenvalue weighted by Gasteiger charge is -2.18. The molecule has 6 heteroatoms. The number of carbonyl (C=O) groups is 1. The average Bonchev–Trinajstić information content (AvgIpc) is 2.66. The molecular weight excluding hydrogens is 348 g/mol. The monoisotopic (exact) mass is 365 g/mol. The molecule has 0 saturated carbocycles. The van der Waals surface area contributed by atoms with Gasteiger partial charge in [0.15, 0.2) is 0 Å². The molecule has 2 heterocycles. The van der Waals surface area contributed by atoms with Crippen LogP contribution in [-0.2, 0) is 6.42 Å². The Morgan fingerprint density at radius 2 is 1.89 bits per heavy atom. The number of anilines is 1. The van der Waals surface area contributed by atoms with Crippen molar-refractivity contribution in [2.45, 2.75) is 13.3 Å². The Morgan fingerprint density at radius 3 is 2.70 bits per heavy atom. The van der Waals surface area contributed by atoms with E-state index in [0.717, 1.165) is 11.1 Å². The van der Waals surface area contributed by atoms with Gasteiger partial charge in [0, 0.05) is 29.4 Å². The van der Waals surface area contributed by atoms with E-state index in [1.807, 2.05) is 6.07 Å². The summed E-state index contributed by atoms with van der Waals surface area (Å²) in [6.45, 7) is 2.15. The third-order valence-corrected chi connectivity index (χ3v) is 4.83. The first-order valence-corrected chi connectivity index (χ1v) is 8.57. The fourth-order valence-electron chi connectivity index (χ4n) is 3.36. The van der Waals surface area contributed by atoms with Crippen LogP contribution in [0.2, 0.25) is 0 Å². The van der Waals surface area contributed by atoms with Gasteiger partial charge in [0.05, 0.1) is 5.56 Å². The number of nitrogens with zero attached hydrogens (tertiary/aromatic N) is 1. The lowest BCUT2D eigenvalue weighted by atomic mass is 9.93. The predicted molar refractivity (Wildman–Crippen MR) is 100 cm³/mol. The summed E-state index contributed by atoms with van der Waals surface area (Å²) in [4.78, 5) is 16.1. The maximum atomic E-state index is 14.5. The minimum absolute atomic E-state index is 0.105. The second-order valence-corrected chi connectivity index (χ2v) is 6.59.